The molecule has 1 N–H and O–H groups in total. The van der Waals surface area contributed by atoms with Crippen LogP contribution in [0.1, 0.15) is 0 Å². The summed E-state index contributed by atoms with van der Waals surface area (Å²) in [6, 6.07) is 24.4. The molecule has 0 aliphatic rings. The minimum atomic E-state index is -2.62. The van der Waals surface area contributed by atoms with Gasteiger partial charge in [-0.2, -0.15) is 0 Å². The largest absolute Gasteiger partial charge is 0.424 e. The van der Waals surface area contributed by atoms with Crippen molar-refractivity contribution in [1.29, 1.82) is 0 Å². The van der Waals surface area contributed by atoms with Gasteiger partial charge in [-0.25, -0.2) is 0 Å². The van der Waals surface area contributed by atoms with Crippen LogP contribution in [0.25, 0.3) is 10.8 Å². The lowest BCUT2D eigenvalue weighted by Gasteiger charge is -2.23. The van der Waals surface area contributed by atoms with Crippen molar-refractivity contribution in [3.8, 4) is 0 Å². The Balaban J connectivity index is 2.24. The summed E-state index contributed by atoms with van der Waals surface area (Å²) >= 11 is 0. The molecule has 0 bridgehead atoms. The maximum atomic E-state index is 11.1. The van der Waals surface area contributed by atoms with Crippen molar-refractivity contribution in [3.05, 3.63) is 72.8 Å². The van der Waals surface area contributed by atoms with Crippen LogP contribution in [-0.2, 0) is 0 Å². The lowest BCUT2D eigenvalue weighted by molar-refractivity contribution is 0.576. The second kappa shape index (κ2) is 4.65. The third kappa shape index (κ3) is 2.09. The van der Waals surface area contributed by atoms with E-state index in [-0.39, 0.29) is 0 Å². The number of hydrogen-bond donors (Lipinski definition) is 1. The molecular weight excluding hydrogens is 248 g/mol. The van der Waals surface area contributed by atoms with Crippen molar-refractivity contribution >= 4 is 29.5 Å². The highest BCUT2D eigenvalue weighted by molar-refractivity contribution is 6.96. The molecule has 19 heavy (non-hydrogen) atoms. The van der Waals surface area contributed by atoms with Gasteiger partial charge in [-0.15, -0.1) is 0 Å². The normalized spacial score (nSPS) is 14.2. The molecule has 0 aliphatic carbocycles. The fourth-order valence-electron chi connectivity index (χ4n) is 2.57. The zero-order chi connectivity index (χ0) is 13.3. The Hall–Kier alpha value is -1.90. The van der Waals surface area contributed by atoms with Gasteiger partial charge in [0.15, 0.2) is 0 Å². The van der Waals surface area contributed by atoms with E-state index in [1.807, 2.05) is 55.1 Å². The van der Waals surface area contributed by atoms with E-state index in [4.69, 9.17) is 0 Å². The molecule has 1 atom stereocenters. The second-order valence-electron chi connectivity index (χ2n) is 4.96. The van der Waals surface area contributed by atoms with Crippen molar-refractivity contribution in [2.75, 3.05) is 0 Å². The van der Waals surface area contributed by atoms with Crippen molar-refractivity contribution in [2.24, 2.45) is 0 Å². The Labute approximate surface area is 114 Å². The van der Waals surface area contributed by atoms with E-state index in [1.54, 1.807) is 0 Å². The van der Waals surface area contributed by atoms with Gasteiger partial charge >= 0.3 is 0 Å². The van der Waals surface area contributed by atoms with Gasteiger partial charge < -0.3 is 4.80 Å². The van der Waals surface area contributed by atoms with Crippen LogP contribution >= 0.6 is 0 Å². The fourth-order valence-corrected chi connectivity index (χ4v) is 4.89. The van der Waals surface area contributed by atoms with Crippen LogP contribution in [0, 0.1) is 0 Å². The maximum Gasteiger partial charge on any atom is 0.250 e. The van der Waals surface area contributed by atoms with Crippen LogP contribution < -0.4 is 10.4 Å². The zero-order valence-electron chi connectivity index (χ0n) is 10.9. The summed E-state index contributed by atoms with van der Waals surface area (Å²) in [5.74, 6) is 0. The first-order chi connectivity index (χ1) is 9.19. The molecule has 0 aromatic heterocycles. The zero-order valence-corrected chi connectivity index (χ0v) is 11.9. The molecule has 3 rings (SSSR count). The number of rotatable bonds is 2. The molecule has 0 saturated carbocycles. The van der Waals surface area contributed by atoms with E-state index in [0.717, 1.165) is 15.8 Å². The predicted octanol–water partition coefficient (Wildman–Crippen LogP) is 2.52. The second-order valence-corrected chi connectivity index (χ2v) is 8.23. The van der Waals surface area contributed by atoms with E-state index in [9.17, 15) is 4.80 Å². The Morgan fingerprint density at radius 2 is 1.37 bits per heavy atom. The molecule has 3 aromatic rings. The highest BCUT2D eigenvalue weighted by atomic mass is 28.4. The van der Waals surface area contributed by atoms with Crippen LogP contribution in [0.3, 0.4) is 0 Å². The Bertz CT molecular complexity index is 699. The average Bonchev–Trinajstić information content (AvgIpc) is 2.47. The Morgan fingerprint density at radius 1 is 0.737 bits per heavy atom. The van der Waals surface area contributed by atoms with Crippen molar-refractivity contribution in [1.82, 2.24) is 0 Å². The SMILES string of the molecule is C[Si@@](O)(c1ccccc1)c1cccc2ccccc12. The lowest BCUT2D eigenvalue weighted by Crippen LogP contribution is -2.56. The molecule has 2 heteroatoms. The van der Waals surface area contributed by atoms with Gasteiger partial charge in [0, 0.05) is 0 Å². The van der Waals surface area contributed by atoms with Gasteiger partial charge in [-0.1, -0.05) is 72.8 Å². The van der Waals surface area contributed by atoms with Crippen molar-refractivity contribution in [3.63, 3.8) is 0 Å². The van der Waals surface area contributed by atoms with Gasteiger partial charge in [-0.3, -0.25) is 0 Å². The summed E-state index contributed by atoms with van der Waals surface area (Å²) in [5.41, 5.74) is 0. The van der Waals surface area contributed by atoms with E-state index in [0.29, 0.717) is 0 Å². The maximum absolute atomic E-state index is 11.1. The molecule has 0 saturated heterocycles. The first kappa shape index (κ1) is 12.1. The molecule has 0 amide bonds. The summed E-state index contributed by atoms with van der Waals surface area (Å²) in [6.45, 7) is 1.99. The molecule has 0 heterocycles. The third-order valence-corrected chi connectivity index (χ3v) is 6.59. The molecule has 3 aromatic carbocycles. The average molecular weight is 264 g/mol. The third-order valence-electron chi connectivity index (χ3n) is 3.65. The van der Waals surface area contributed by atoms with Gasteiger partial charge in [0.25, 0.3) is 0 Å². The first-order valence-electron chi connectivity index (χ1n) is 6.46. The monoisotopic (exact) mass is 264 g/mol. The molecule has 94 valence electrons. The molecule has 0 unspecified atom stereocenters. The van der Waals surface area contributed by atoms with E-state index in [2.05, 4.69) is 24.3 Å². The van der Waals surface area contributed by atoms with Gasteiger partial charge in [0.05, 0.1) is 0 Å². The lowest BCUT2D eigenvalue weighted by atomic mass is 10.1. The van der Waals surface area contributed by atoms with E-state index in [1.165, 1.54) is 5.39 Å². The summed E-state index contributed by atoms with van der Waals surface area (Å²) in [7, 11) is -2.62. The molecule has 0 fully saturated rings. The van der Waals surface area contributed by atoms with Crippen molar-refractivity contribution < 1.29 is 4.80 Å². The van der Waals surface area contributed by atoms with Crippen LogP contribution in [0.15, 0.2) is 72.8 Å². The molecular formula is C17H16OSi. The highest BCUT2D eigenvalue weighted by Crippen LogP contribution is 2.14. The summed E-state index contributed by atoms with van der Waals surface area (Å²) in [6.07, 6.45) is 0. The van der Waals surface area contributed by atoms with Crippen LogP contribution in [-0.4, -0.2) is 13.1 Å². The Kier molecular flexibility index (Phi) is 2.97. The van der Waals surface area contributed by atoms with Gasteiger partial charge in [0.2, 0.25) is 8.32 Å². The highest BCUT2D eigenvalue weighted by Gasteiger charge is 2.31. The van der Waals surface area contributed by atoms with Crippen molar-refractivity contribution in [2.45, 2.75) is 6.55 Å². The molecule has 0 radical (unpaired) electrons. The quantitative estimate of drug-likeness (QED) is 0.705. The molecule has 0 aliphatic heterocycles. The minimum Gasteiger partial charge on any atom is -0.424 e. The summed E-state index contributed by atoms with van der Waals surface area (Å²) < 4.78 is 0. The molecule has 0 spiro atoms. The van der Waals surface area contributed by atoms with E-state index >= 15 is 0 Å². The molecule has 1 nitrogen and oxygen atoms in total. The van der Waals surface area contributed by atoms with Crippen LogP contribution in [0.5, 0.6) is 0 Å². The predicted molar refractivity (Wildman–Crippen MR) is 83.5 cm³/mol. The summed E-state index contributed by atoms with van der Waals surface area (Å²) in [4.78, 5) is 11.1. The van der Waals surface area contributed by atoms with Gasteiger partial charge in [-0.05, 0) is 27.7 Å². The number of benzene rings is 3. The standard InChI is InChI=1S/C17H16OSi/c1-19(18,15-10-3-2-4-11-15)17-13-7-9-14-8-5-6-12-16(14)17/h2-13,18H,1H3/t19-/m1/s1. The number of fused-ring (bicyclic) bond motifs is 1. The smallest absolute Gasteiger partial charge is 0.250 e. The Morgan fingerprint density at radius 3 is 2.16 bits per heavy atom. The van der Waals surface area contributed by atoms with Crippen LogP contribution in [0.4, 0.5) is 0 Å². The van der Waals surface area contributed by atoms with Gasteiger partial charge in [0.1, 0.15) is 0 Å². The number of hydrogen-bond acceptors (Lipinski definition) is 1. The first-order valence-corrected chi connectivity index (χ1v) is 8.90. The minimum absolute atomic E-state index is 1.05. The topological polar surface area (TPSA) is 20.2 Å². The fraction of sp³-hybridized carbons (Fsp3) is 0.0588. The van der Waals surface area contributed by atoms with Crippen LogP contribution in [0.2, 0.25) is 6.55 Å². The summed E-state index contributed by atoms with van der Waals surface area (Å²) in [5, 5.41) is 4.47. The van der Waals surface area contributed by atoms with E-state index < -0.39 is 8.32 Å².